The minimum Gasteiger partial charge on any atom is -0.366 e. The maximum absolute atomic E-state index is 14.2. The highest BCUT2D eigenvalue weighted by atomic mass is 19.1. The molecule has 1 saturated heterocycles. The second-order valence-corrected chi connectivity index (χ2v) is 7.94. The van der Waals surface area contributed by atoms with Crippen molar-refractivity contribution in [1.29, 1.82) is 0 Å². The molecular formula is C23H23FN6O2. The first kappa shape index (κ1) is 20.2. The number of aryl methyl sites for hydroxylation is 1. The van der Waals surface area contributed by atoms with E-state index in [1.165, 1.54) is 12.4 Å². The first-order valence-corrected chi connectivity index (χ1v) is 10.7. The number of para-hydroxylation sites is 2. The van der Waals surface area contributed by atoms with E-state index >= 15 is 0 Å². The lowest BCUT2D eigenvalue weighted by Crippen LogP contribution is -2.47. The Morgan fingerprint density at radius 2 is 1.50 bits per heavy atom. The molecule has 3 heterocycles. The zero-order valence-corrected chi connectivity index (χ0v) is 17.5. The Morgan fingerprint density at radius 1 is 0.844 bits per heavy atom. The number of anilines is 4. The number of aromatic nitrogens is 2. The van der Waals surface area contributed by atoms with Gasteiger partial charge >= 0.3 is 5.69 Å². The molecule has 0 N–H and O–H groups in total. The highest BCUT2D eigenvalue weighted by molar-refractivity contribution is 5.78. The molecule has 0 atom stereocenters. The van der Waals surface area contributed by atoms with Crippen molar-refractivity contribution >= 4 is 28.7 Å². The van der Waals surface area contributed by atoms with E-state index < -0.39 is 0 Å². The Labute approximate surface area is 185 Å². The van der Waals surface area contributed by atoms with Gasteiger partial charge in [-0.15, -0.1) is 0 Å². The average molecular weight is 434 g/mol. The first-order valence-electron chi connectivity index (χ1n) is 10.7. The maximum atomic E-state index is 14.2. The van der Waals surface area contributed by atoms with E-state index in [0.717, 1.165) is 24.1 Å². The normalized spacial score (nSPS) is 16.1. The summed E-state index contributed by atoms with van der Waals surface area (Å²) in [6, 6.07) is 14.6. The van der Waals surface area contributed by atoms with Gasteiger partial charge in [-0.2, -0.15) is 0 Å². The summed E-state index contributed by atoms with van der Waals surface area (Å²) < 4.78 is 14.2. The zero-order valence-electron chi connectivity index (χ0n) is 17.5. The van der Waals surface area contributed by atoms with Crippen LogP contribution in [0.25, 0.3) is 0 Å². The molecule has 0 saturated carbocycles. The molecule has 0 amide bonds. The van der Waals surface area contributed by atoms with E-state index in [1.807, 2.05) is 39.0 Å². The van der Waals surface area contributed by atoms with Gasteiger partial charge in [0.05, 0.1) is 10.6 Å². The molecule has 2 aliphatic rings. The second kappa shape index (κ2) is 8.41. The van der Waals surface area contributed by atoms with Crippen LogP contribution in [-0.4, -0.2) is 47.6 Å². The first-order chi connectivity index (χ1) is 15.6. The number of piperazine rings is 1. The molecular weight excluding hydrogens is 411 g/mol. The van der Waals surface area contributed by atoms with Crippen LogP contribution in [0.15, 0.2) is 54.9 Å². The highest BCUT2D eigenvalue weighted by Crippen LogP contribution is 2.40. The molecule has 5 rings (SSSR count). The number of rotatable bonds is 4. The van der Waals surface area contributed by atoms with E-state index in [9.17, 15) is 14.5 Å². The molecule has 0 bridgehead atoms. The molecule has 164 valence electrons. The Balaban J connectivity index is 1.45. The van der Waals surface area contributed by atoms with Gasteiger partial charge < -0.3 is 14.7 Å². The molecule has 9 heteroatoms. The number of nitro groups is 1. The van der Waals surface area contributed by atoms with Crippen molar-refractivity contribution < 1.29 is 9.31 Å². The standard InChI is InChI=1S/C23H23FN6O2/c24-18-8-2-4-10-20(18)27-12-14-28(15-13-27)22-21(30(31)32)23(26-16-25-22)29-11-5-7-17-6-1-3-9-19(17)29/h1-4,6,8-10,16H,5,7,11-15H2. The van der Waals surface area contributed by atoms with Crippen molar-refractivity contribution in [2.75, 3.05) is 47.4 Å². The van der Waals surface area contributed by atoms with Crippen molar-refractivity contribution in [2.24, 2.45) is 0 Å². The molecule has 8 nitrogen and oxygen atoms in total. The van der Waals surface area contributed by atoms with Gasteiger partial charge in [-0.3, -0.25) is 10.1 Å². The Kier molecular flexibility index (Phi) is 5.30. The quantitative estimate of drug-likeness (QED) is 0.455. The predicted octanol–water partition coefficient (Wildman–Crippen LogP) is 3.93. The van der Waals surface area contributed by atoms with Crippen LogP contribution in [0, 0.1) is 15.9 Å². The van der Waals surface area contributed by atoms with E-state index in [-0.39, 0.29) is 16.4 Å². The van der Waals surface area contributed by atoms with Gasteiger partial charge in [0.2, 0.25) is 11.6 Å². The van der Waals surface area contributed by atoms with Gasteiger partial charge in [0.1, 0.15) is 12.1 Å². The SMILES string of the molecule is O=[N+]([O-])c1c(N2CCN(c3ccccc3F)CC2)ncnc1N1CCCc2ccccc21. The lowest BCUT2D eigenvalue weighted by atomic mass is 10.0. The van der Waals surface area contributed by atoms with Crippen LogP contribution in [0.2, 0.25) is 0 Å². The summed E-state index contributed by atoms with van der Waals surface area (Å²) >= 11 is 0. The van der Waals surface area contributed by atoms with Crippen molar-refractivity contribution in [3.8, 4) is 0 Å². The summed E-state index contributed by atoms with van der Waals surface area (Å²) in [5.41, 5.74) is 2.58. The fourth-order valence-electron chi connectivity index (χ4n) is 4.57. The Morgan fingerprint density at radius 3 is 2.25 bits per heavy atom. The van der Waals surface area contributed by atoms with Crippen LogP contribution in [-0.2, 0) is 6.42 Å². The molecule has 2 aliphatic heterocycles. The minimum absolute atomic E-state index is 0.0801. The Bertz CT molecular complexity index is 1150. The van der Waals surface area contributed by atoms with Gasteiger partial charge in [0.15, 0.2) is 0 Å². The van der Waals surface area contributed by atoms with Crippen molar-refractivity contribution in [3.05, 3.63) is 76.4 Å². The number of benzene rings is 2. The monoisotopic (exact) mass is 434 g/mol. The summed E-state index contributed by atoms with van der Waals surface area (Å²) in [5.74, 6) is 0.375. The predicted molar refractivity (Wildman–Crippen MR) is 121 cm³/mol. The number of fused-ring (bicyclic) bond motifs is 1. The topological polar surface area (TPSA) is 78.6 Å². The molecule has 32 heavy (non-hydrogen) atoms. The molecule has 0 spiro atoms. The third-order valence-electron chi connectivity index (χ3n) is 6.10. The molecule has 1 fully saturated rings. The van der Waals surface area contributed by atoms with Gasteiger partial charge in [-0.05, 0) is 36.6 Å². The van der Waals surface area contributed by atoms with Crippen LogP contribution in [0.1, 0.15) is 12.0 Å². The van der Waals surface area contributed by atoms with Crippen molar-refractivity contribution in [3.63, 3.8) is 0 Å². The molecule has 2 aromatic carbocycles. The van der Waals surface area contributed by atoms with E-state index in [2.05, 4.69) is 16.0 Å². The summed E-state index contributed by atoms with van der Waals surface area (Å²) in [5, 5.41) is 12.2. The highest BCUT2D eigenvalue weighted by Gasteiger charge is 2.33. The van der Waals surface area contributed by atoms with Gasteiger partial charge in [-0.1, -0.05) is 30.3 Å². The lowest BCUT2D eigenvalue weighted by molar-refractivity contribution is -0.383. The number of halogens is 1. The molecule has 1 aromatic heterocycles. The molecule has 0 unspecified atom stereocenters. The Hall–Kier alpha value is -3.75. The minimum atomic E-state index is -0.384. The largest absolute Gasteiger partial charge is 0.366 e. The number of hydrogen-bond donors (Lipinski definition) is 0. The molecule has 0 radical (unpaired) electrons. The van der Waals surface area contributed by atoms with E-state index in [0.29, 0.717) is 50.0 Å². The van der Waals surface area contributed by atoms with E-state index in [1.54, 1.807) is 12.1 Å². The lowest BCUT2D eigenvalue weighted by Gasteiger charge is -2.37. The summed E-state index contributed by atoms with van der Waals surface area (Å²) in [6.45, 7) is 2.76. The maximum Gasteiger partial charge on any atom is 0.353 e. The van der Waals surface area contributed by atoms with Crippen LogP contribution >= 0.6 is 0 Å². The van der Waals surface area contributed by atoms with Crippen LogP contribution < -0.4 is 14.7 Å². The van der Waals surface area contributed by atoms with Gasteiger partial charge in [-0.25, -0.2) is 14.4 Å². The average Bonchev–Trinajstić information content (AvgIpc) is 2.83. The second-order valence-electron chi connectivity index (χ2n) is 7.94. The summed E-state index contributed by atoms with van der Waals surface area (Å²) in [4.78, 5) is 26.2. The number of hydrogen-bond acceptors (Lipinski definition) is 7. The van der Waals surface area contributed by atoms with Crippen LogP contribution in [0.4, 0.5) is 33.1 Å². The molecule has 0 aliphatic carbocycles. The van der Waals surface area contributed by atoms with Gasteiger partial charge in [0, 0.05) is 38.4 Å². The smallest absolute Gasteiger partial charge is 0.353 e. The van der Waals surface area contributed by atoms with Crippen LogP contribution in [0.5, 0.6) is 0 Å². The fraction of sp³-hybridized carbons (Fsp3) is 0.304. The van der Waals surface area contributed by atoms with Crippen molar-refractivity contribution in [1.82, 2.24) is 9.97 Å². The zero-order chi connectivity index (χ0) is 22.1. The van der Waals surface area contributed by atoms with Crippen molar-refractivity contribution in [2.45, 2.75) is 12.8 Å². The fourth-order valence-corrected chi connectivity index (χ4v) is 4.57. The van der Waals surface area contributed by atoms with Gasteiger partial charge in [0.25, 0.3) is 0 Å². The third-order valence-corrected chi connectivity index (χ3v) is 6.10. The third kappa shape index (κ3) is 3.59. The summed E-state index contributed by atoms with van der Waals surface area (Å²) in [6.07, 6.45) is 3.24. The summed E-state index contributed by atoms with van der Waals surface area (Å²) in [7, 11) is 0. The van der Waals surface area contributed by atoms with Crippen LogP contribution in [0.3, 0.4) is 0 Å². The number of nitrogens with zero attached hydrogens (tertiary/aromatic N) is 6. The van der Waals surface area contributed by atoms with E-state index in [4.69, 9.17) is 0 Å². The molecule has 3 aromatic rings.